The minimum atomic E-state index is -4.23. The second-order valence-corrected chi connectivity index (χ2v) is 4.04. The van der Waals surface area contributed by atoms with Crippen LogP contribution in [0.4, 0.5) is 13.2 Å². The lowest BCUT2D eigenvalue weighted by molar-refractivity contribution is -0.190. The minimum absolute atomic E-state index is 0.126. The van der Waals surface area contributed by atoms with Gasteiger partial charge >= 0.3 is 6.18 Å². The molecule has 90 valence electrons. The Bertz CT molecular complexity index is 561. The summed E-state index contributed by atoms with van der Waals surface area (Å²) < 4.78 is 44.4. The molecule has 17 heavy (non-hydrogen) atoms. The summed E-state index contributed by atoms with van der Waals surface area (Å²) in [7, 11) is 0. The largest absolute Gasteiger partial charge is 0.464 e. The van der Waals surface area contributed by atoms with E-state index in [4.69, 9.17) is 4.74 Å². The van der Waals surface area contributed by atoms with Gasteiger partial charge in [-0.05, 0) is 12.1 Å². The summed E-state index contributed by atoms with van der Waals surface area (Å²) in [6, 6.07) is 7.34. The molecule has 0 N–H and O–H groups in total. The smallest absolute Gasteiger partial charge is 0.396 e. The van der Waals surface area contributed by atoms with E-state index in [-0.39, 0.29) is 19.2 Å². The number of imidazole rings is 1. The van der Waals surface area contributed by atoms with E-state index < -0.39 is 12.1 Å². The van der Waals surface area contributed by atoms with E-state index in [0.717, 1.165) is 0 Å². The van der Waals surface area contributed by atoms with Crippen LogP contribution in [0.2, 0.25) is 0 Å². The van der Waals surface area contributed by atoms with Gasteiger partial charge in [0.25, 0.3) is 6.01 Å². The van der Waals surface area contributed by atoms with Gasteiger partial charge in [0.15, 0.2) is 0 Å². The van der Waals surface area contributed by atoms with Crippen LogP contribution in [0.5, 0.6) is 6.01 Å². The number of halogens is 3. The fraction of sp³-hybridized carbons (Fsp3) is 0.364. The molecule has 3 nitrogen and oxygen atoms in total. The number of hydrogen-bond donors (Lipinski definition) is 0. The first kappa shape index (κ1) is 10.4. The van der Waals surface area contributed by atoms with Crippen molar-refractivity contribution in [2.24, 2.45) is 5.92 Å². The highest BCUT2D eigenvalue weighted by Crippen LogP contribution is 2.34. The zero-order valence-corrected chi connectivity index (χ0v) is 8.74. The van der Waals surface area contributed by atoms with Crippen LogP contribution in [0.1, 0.15) is 0 Å². The number of nitrogens with zero attached hydrogens (tertiary/aromatic N) is 2. The highest BCUT2D eigenvalue weighted by atomic mass is 19.4. The SMILES string of the molecule is FC(F)(F)C1COc2nc3ccccc3n2C1. The van der Waals surface area contributed by atoms with E-state index in [1.54, 1.807) is 24.3 Å². The maximum atomic E-state index is 12.6. The third-order valence-electron chi connectivity index (χ3n) is 2.90. The van der Waals surface area contributed by atoms with Crippen LogP contribution >= 0.6 is 0 Å². The van der Waals surface area contributed by atoms with Gasteiger partial charge in [0.2, 0.25) is 0 Å². The molecule has 0 aliphatic carbocycles. The van der Waals surface area contributed by atoms with Crippen molar-refractivity contribution in [3.8, 4) is 6.01 Å². The van der Waals surface area contributed by atoms with E-state index >= 15 is 0 Å². The van der Waals surface area contributed by atoms with Gasteiger partial charge in [-0.15, -0.1) is 0 Å². The maximum Gasteiger partial charge on any atom is 0.396 e. The lowest BCUT2D eigenvalue weighted by Gasteiger charge is -2.26. The Kier molecular flexibility index (Phi) is 2.08. The van der Waals surface area contributed by atoms with E-state index in [1.165, 1.54) is 4.57 Å². The Morgan fingerprint density at radius 1 is 1.29 bits per heavy atom. The Morgan fingerprint density at radius 2 is 2.06 bits per heavy atom. The average molecular weight is 242 g/mol. The van der Waals surface area contributed by atoms with Crippen LogP contribution < -0.4 is 4.74 Å². The van der Waals surface area contributed by atoms with Crippen LogP contribution in [0, 0.1) is 5.92 Å². The molecule has 0 amide bonds. The third kappa shape index (κ3) is 1.64. The average Bonchev–Trinajstić information content (AvgIpc) is 2.65. The maximum absolute atomic E-state index is 12.6. The number of ether oxygens (including phenoxy) is 1. The first-order chi connectivity index (χ1) is 8.05. The first-order valence-corrected chi connectivity index (χ1v) is 5.20. The van der Waals surface area contributed by atoms with Gasteiger partial charge in [-0.3, -0.25) is 4.57 Å². The molecule has 6 heteroatoms. The van der Waals surface area contributed by atoms with Crippen molar-refractivity contribution < 1.29 is 17.9 Å². The van der Waals surface area contributed by atoms with Gasteiger partial charge < -0.3 is 4.74 Å². The molecular weight excluding hydrogens is 233 g/mol. The molecule has 0 saturated carbocycles. The van der Waals surface area contributed by atoms with Gasteiger partial charge in [-0.1, -0.05) is 12.1 Å². The van der Waals surface area contributed by atoms with E-state index in [0.29, 0.717) is 11.0 Å². The topological polar surface area (TPSA) is 27.1 Å². The van der Waals surface area contributed by atoms with Crippen LogP contribution in [-0.2, 0) is 6.54 Å². The number of rotatable bonds is 0. The van der Waals surface area contributed by atoms with Gasteiger partial charge in [0, 0.05) is 6.54 Å². The quantitative estimate of drug-likeness (QED) is 0.710. The summed E-state index contributed by atoms with van der Waals surface area (Å²) >= 11 is 0. The molecule has 0 radical (unpaired) electrons. The number of hydrogen-bond acceptors (Lipinski definition) is 2. The number of benzene rings is 1. The molecule has 1 aromatic carbocycles. The van der Waals surface area contributed by atoms with E-state index in [1.807, 2.05) is 0 Å². The molecule has 2 heterocycles. The van der Waals surface area contributed by atoms with Crippen molar-refractivity contribution in [3.63, 3.8) is 0 Å². The normalized spacial score (nSPS) is 20.1. The Hall–Kier alpha value is -1.72. The molecule has 2 aromatic rings. The van der Waals surface area contributed by atoms with Gasteiger partial charge in [-0.25, -0.2) is 0 Å². The minimum Gasteiger partial charge on any atom is -0.464 e. The number of aromatic nitrogens is 2. The summed E-state index contributed by atoms with van der Waals surface area (Å²) in [6.45, 7) is -0.480. The summed E-state index contributed by atoms with van der Waals surface area (Å²) in [5.41, 5.74) is 1.33. The molecule has 0 bridgehead atoms. The summed E-state index contributed by atoms with van der Waals surface area (Å²) in [5.74, 6) is -1.47. The Labute approximate surface area is 94.8 Å². The lowest BCUT2D eigenvalue weighted by atomic mass is 10.1. The molecule has 0 fully saturated rings. The summed E-state index contributed by atoms with van der Waals surface area (Å²) in [4.78, 5) is 4.14. The molecule has 1 aliphatic heterocycles. The van der Waals surface area contributed by atoms with E-state index in [9.17, 15) is 13.2 Å². The van der Waals surface area contributed by atoms with Crippen LogP contribution in [0.3, 0.4) is 0 Å². The predicted octanol–water partition coefficient (Wildman–Crippen LogP) is 2.61. The zero-order valence-electron chi connectivity index (χ0n) is 8.74. The van der Waals surface area contributed by atoms with Gasteiger partial charge in [-0.2, -0.15) is 18.2 Å². The molecule has 0 saturated heterocycles. The third-order valence-corrected chi connectivity index (χ3v) is 2.90. The summed E-state index contributed by atoms with van der Waals surface area (Å²) in [6.07, 6.45) is -4.23. The number of alkyl halides is 3. The number of para-hydroxylation sites is 2. The van der Waals surface area contributed by atoms with Crippen molar-refractivity contribution in [3.05, 3.63) is 24.3 Å². The van der Waals surface area contributed by atoms with Gasteiger partial charge in [0.1, 0.15) is 12.5 Å². The molecule has 1 aliphatic rings. The van der Waals surface area contributed by atoms with Crippen molar-refractivity contribution >= 4 is 11.0 Å². The highest BCUT2D eigenvalue weighted by Gasteiger charge is 2.43. The molecular formula is C11H9F3N2O. The second kappa shape index (κ2) is 3.38. The monoisotopic (exact) mass is 242 g/mol. The van der Waals surface area contributed by atoms with Crippen molar-refractivity contribution in [1.29, 1.82) is 0 Å². The number of fused-ring (bicyclic) bond motifs is 3. The fourth-order valence-electron chi connectivity index (χ4n) is 1.99. The van der Waals surface area contributed by atoms with Crippen molar-refractivity contribution in [1.82, 2.24) is 9.55 Å². The Morgan fingerprint density at radius 3 is 2.82 bits per heavy atom. The molecule has 1 unspecified atom stereocenters. The van der Waals surface area contributed by atoms with Crippen molar-refractivity contribution in [2.45, 2.75) is 12.7 Å². The second-order valence-electron chi connectivity index (χ2n) is 4.04. The van der Waals surface area contributed by atoms with Gasteiger partial charge in [0.05, 0.1) is 11.0 Å². The zero-order chi connectivity index (χ0) is 12.0. The lowest BCUT2D eigenvalue weighted by Crippen LogP contribution is -2.36. The molecule has 0 spiro atoms. The van der Waals surface area contributed by atoms with E-state index in [2.05, 4.69) is 4.98 Å². The summed E-state index contributed by atoms with van der Waals surface area (Å²) in [5, 5.41) is 0. The fourth-order valence-corrected chi connectivity index (χ4v) is 1.99. The molecule has 1 aromatic heterocycles. The molecule has 1 atom stereocenters. The highest BCUT2D eigenvalue weighted by molar-refractivity contribution is 5.76. The first-order valence-electron chi connectivity index (χ1n) is 5.20. The standard InChI is InChI=1S/C11H9F3N2O/c12-11(13,14)7-5-16-9-4-2-1-3-8(9)15-10(16)17-6-7/h1-4,7H,5-6H2. The van der Waals surface area contributed by atoms with Crippen LogP contribution in [-0.4, -0.2) is 22.3 Å². The predicted molar refractivity (Wildman–Crippen MR) is 54.8 cm³/mol. The Balaban J connectivity index is 2.06. The van der Waals surface area contributed by atoms with Crippen LogP contribution in [0.25, 0.3) is 11.0 Å². The van der Waals surface area contributed by atoms with Crippen LogP contribution in [0.15, 0.2) is 24.3 Å². The molecule has 3 rings (SSSR count). The van der Waals surface area contributed by atoms with Crippen molar-refractivity contribution in [2.75, 3.05) is 6.61 Å².